The minimum Gasteiger partial charge on any atom is -0.314 e. The molecule has 1 N–H and O–H groups in total. The molecular weight excluding hydrogens is 210 g/mol. The molecule has 1 aromatic rings. The third-order valence-corrected chi connectivity index (χ3v) is 3.40. The molecule has 0 aromatic heterocycles. The van der Waals surface area contributed by atoms with E-state index in [0.29, 0.717) is 11.8 Å². The Morgan fingerprint density at radius 3 is 2.82 bits per heavy atom. The van der Waals surface area contributed by atoms with E-state index in [1.165, 1.54) is 18.4 Å². The second-order valence-corrected chi connectivity index (χ2v) is 4.88. The van der Waals surface area contributed by atoms with Gasteiger partial charge in [-0.3, -0.25) is 4.79 Å². The van der Waals surface area contributed by atoms with Crippen molar-refractivity contribution in [1.82, 2.24) is 5.32 Å². The maximum Gasteiger partial charge on any atom is 0.134 e. The molecule has 1 aromatic carbocycles. The predicted octanol–water partition coefficient (Wildman–Crippen LogP) is 2.72. The van der Waals surface area contributed by atoms with Crippen LogP contribution in [0.15, 0.2) is 30.3 Å². The molecule has 1 saturated heterocycles. The molecule has 2 rings (SSSR count). The van der Waals surface area contributed by atoms with Gasteiger partial charge in [0.05, 0.1) is 0 Å². The van der Waals surface area contributed by atoms with Crippen molar-refractivity contribution in [1.29, 1.82) is 0 Å². The largest absolute Gasteiger partial charge is 0.314 e. The fraction of sp³-hybridized carbons (Fsp3) is 0.533. The van der Waals surface area contributed by atoms with Gasteiger partial charge in [0.25, 0.3) is 0 Å². The van der Waals surface area contributed by atoms with Gasteiger partial charge in [0.2, 0.25) is 0 Å². The lowest BCUT2D eigenvalue weighted by Gasteiger charge is -2.08. The van der Waals surface area contributed by atoms with Crippen LogP contribution >= 0.6 is 0 Å². The van der Waals surface area contributed by atoms with Crippen LogP contribution in [0.2, 0.25) is 0 Å². The van der Waals surface area contributed by atoms with E-state index in [2.05, 4.69) is 29.6 Å². The molecule has 0 bridgehead atoms. The summed E-state index contributed by atoms with van der Waals surface area (Å²) in [5, 5.41) is 3.37. The average molecular weight is 231 g/mol. The van der Waals surface area contributed by atoms with Crippen LogP contribution in [-0.2, 0) is 11.2 Å². The molecule has 0 amide bonds. The lowest BCUT2D eigenvalue weighted by Crippen LogP contribution is -2.24. The molecule has 0 spiro atoms. The van der Waals surface area contributed by atoms with Crippen molar-refractivity contribution in [2.24, 2.45) is 0 Å². The summed E-state index contributed by atoms with van der Waals surface area (Å²) in [4.78, 5) is 11.7. The van der Waals surface area contributed by atoms with Crippen molar-refractivity contribution < 1.29 is 4.79 Å². The second kappa shape index (κ2) is 6.55. The van der Waals surface area contributed by atoms with Crippen LogP contribution in [0.3, 0.4) is 0 Å². The van der Waals surface area contributed by atoms with Gasteiger partial charge in [-0.05, 0) is 37.8 Å². The molecule has 92 valence electrons. The van der Waals surface area contributed by atoms with Crippen molar-refractivity contribution in [2.75, 3.05) is 6.54 Å². The summed E-state index contributed by atoms with van der Waals surface area (Å²) in [5.41, 5.74) is 1.33. The van der Waals surface area contributed by atoms with Crippen molar-refractivity contribution >= 4 is 5.78 Å². The van der Waals surface area contributed by atoms with Gasteiger partial charge in [-0.25, -0.2) is 0 Å². The zero-order valence-corrected chi connectivity index (χ0v) is 10.3. The van der Waals surface area contributed by atoms with Gasteiger partial charge in [0.1, 0.15) is 5.78 Å². The number of hydrogen-bond donors (Lipinski definition) is 1. The van der Waals surface area contributed by atoms with E-state index in [0.717, 1.165) is 32.2 Å². The molecule has 2 nitrogen and oxygen atoms in total. The Balaban J connectivity index is 1.63. The van der Waals surface area contributed by atoms with Crippen LogP contribution in [0.25, 0.3) is 0 Å². The number of rotatable bonds is 6. The van der Waals surface area contributed by atoms with Crippen molar-refractivity contribution in [3.8, 4) is 0 Å². The summed E-state index contributed by atoms with van der Waals surface area (Å²) in [6.07, 6.45) is 5.86. The quantitative estimate of drug-likeness (QED) is 0.815. The first-order valence-corrected chi connectivity index (χ1v) is 6.63. The lowest BCUT2D eigenvalue weighted by molar-refractivity contribution is -0.119. The number of aryl methyl sites for hydroxylation is 1. The third kappa shape index (κ3) is 4.31. The van der Waals surface area contributed by atoms with Crippen LogP contribution in [-0.4, -0.2) is 18.4 Å². The van der Waals surface area contributed by atoms with E-state index in [-0.39, 0.29) is 0 Å². The van der Waals surface area contributed by atoms with Crippen molar-refractivity contribution in [2.45, 2.75) is 44.6 Å². The topological polar surface area (TPSA) is 29.1 Å². The van der Waals surface area contributed by atoms with Crippen LogP contribution in [0.5, 0.6) is 0 Å². The average Bonchev–Trinajstić information content (AvgIpc) is 2.83. The Bertz CT molecular complexity index is 341. The molecule has 17 heavy (non-hydrogen) atoms. The fourth-order valence-electron chi connectivity index (χ4n) is 2.44. The molecule has 1 unspecified atom stereocenters. The summed E-state index contributed by atoms with van der Waals surface area (Å²) in [7, 11) is 0. The molecule has 0 saturated carbocycles. The van der Waals surface area contributed by atoms with Crippen LogP contribution in [0.4, 0.5) is 0 Å². The number of nitrogens with one attached hydrogen (secondary N) is 1. The number of hydrogen-bond acceptors (Lipinski definition) is 2. The maximum absolute atomic E-state index is 11.7. The maximum atomic E-state index is 11.7. The summed E-state index contributed by atoms with van der Waals surface area (Å²) in [5.74, 6) is 0.417. The third-order valence-electron chi connectivity index (χ3n) is 3.40. The summed E-state index contributed by atoms with van der Waals surface area (Å²) < 4.78 is 0. The standard InChI is InChI=1S/C15H21NO/c17-15(12-14-9-5-11-16-14)10-4-8-13-6-2-1-3-7-13/h1-3,6-7,14,16H,4-5,8-12H2. The zero-order chi connectivity index (χ0) is 11.9. The Hall–Kier alpha value is -1.15. The first-order chi connectivity index (χ1) is 8.34. The Morgan fingerprint density at radius 2 is 2.12 bits per heavy atom. The number of benzene rings is 1. The zero-order valence-electron chi connectivity index (χ0n) is 10.3. The Kier molecular flexibility index (Phi) is 4.75. The minimum atomic E-state index is 0.417. The number of Topliss-reactive ketones (excluding diaryl/α,β-unsaturated/α-hetero) is 1. The highest BCUT2D eigenvalue weighted by Gasteiger charge is 2.16. The van der Waals surface area contributed by atoms with E-state index < -0.39 is 0 Å². The van der Waals surface area contributed by atoms with Crippen molar-refractivity contribution in [3.63, 3.8) is 0 Å². The van der Waals surface area contributed by atoms with Gasteiger partial charge in [0.15, 0.2) is 0 Å². The van der Waals surface area contributed by atoms with Gasteiger partial charge in [0, 0.05) is 18.9 Å². The summed E-state index contributed by atoms with van der Waals surface area (Å²) in [6.45, 7) is 1.09. The number of carbonyl (C=O) groups excluding carboxylic acids is 1. The van der Waals surface area contributed by atoms with Gasteiger partial charge in [-0.2, -0.15) is 0 Å². The molecule has 1 atom stereocenters. The van der Waals surface area contributed by atoms with Crippen LogP contribution < -0.4 is 5.32 Å². The Labute approximate surface area is 103 Å². The van der Waals surface area contributed by atoms with E-state index >= 15 is 0 Å². The molecule has 1 aliphatic heterocycles. The normalized spacial score (nSPS) is 19.4. The fourth-order valence-corrected chi connectivity index (χ4v) is 2.44. The van der Waals surface area contributed by atoms with E-state index in [4.69, 9.17) is 0 Å². The van der Waals surface area contributed by atoms with Crippen LogP contribution in [0.1, 0.15) is 37.7 Å². The smallest absolute Gasteiger partial charge is 0.134 e. The molecular formula is C15H21NO. The van der Waals surface area contributed by atoms with Gasteiger partial charge >= 0.3 is 0 Å². The van der Waals surface area contributed by atoms with Gasteiger partial charge in [-0.1, -0.05) is 30.3 Å². The summed E-state index contributed by atoms with van der Waals surface area (Å²) >= 11 is 0. The lowest BCUT2D eigenvalue weighted by atomic mass is 10.0. The van der Waals surface area contributed by atoms with Crippen molar-refractivity contribution in [3.05, 3.63) is 35.9 Å². The molecule has 0 aliphatic carbocycles. The van der Waals surface area contributed by atoms with E-state index in [1.807, 2.05) is 6.07 Å². The molecule has 1 fully saturated rings. The highest BCUT2D eigenvalue weighted by molar-refractivity contribution is 5.79. The van der Waals surface area contributed by atoms with E-state index in [9.17, 15) is 4.79 Å². The predicted molar refractivity (Wildman–Crippen MR) is 70.0 cm³/mol. The molecule has 0 radical (unpaired) electrons. The van der Waals surface area contributed by atoms with E-state index in [1.54, 1.807) is 0 Å². The highest BCUT2D eigenvalue weighted by Crippen LogP contribution is 2.12. The first-order valence-electron chi connectivity index (χ1n) is 6.63. The first kappa shape index (κ1) is 12.3. The Morgan fingerprint density at radius 1 is 1.29 bits per heavy atom. The monoisotopic (exact) mass is 231 g/mol. The minimum absolute atomic E-state index is 0.417. The molecule has 1 heterocycles. The SMILES string of the molecule is O=C(CCCc1ccccc1)CC1CCCN1. The number of ketones is 1. The highest BCUT2D eigenvalue weighted by atomic mass is 16.1. The number of carbonyl (C=O) groups is 1. The van der Waals surface area contributed by atoms with Gasteiger partial charge in [-0.15, -0.1) is 0 Å². The van der Waals surface area contributed by atoms with Gasteiger partial charge < -0.3 is 5.32 Å². The molecule has 2 heteroatoms. The van der Waals surface area contributed by atoms with Crippen LogP contribution in [0, 0.1) is 0 Å². The molecule has 1 aliphatic rings. The second-order valence-electron chi connectivity index (χ2n) is 4.88. The summed E-state index contributed by atoms with van der Waals surface area (Å²) in [6, 6.07) is 10.9.